The molecule has 1 heterocycles. The highest BCUT2D eigenvalue weighted by molar-refractivity contribution is 6.31. The normalized spacial score (nSPS) is 11.0. The van der Waals surface area contributed by atoms with Crippen molar-refractivity contribution < 1.29 is 0 Å². The number of nitrogens with zero attached hydrogens (tertiary/aromatic N) is 2. The summed E-state index contributed by atoms with van der Waals surface area (Å²) in [5.41, 5.74) is 0. The highest BCUT2D eigenvalue weighted by atomic mass is 28.2. The highest BCUT2D eigenvalue weighted by Crippen LogP contribution is 1.77. The van der Waals surface area contributed by atoms with Crippen LogP contribution in [0.25, 0.3) is 0 Å². The van der Waals surface area contributed by atoms with Crippen LogP contribution in [0.15, 0.2) is 18.7 Å². The van der Waals surface area contributed by atoms with E-state index in [1.165, 1.54) is 0 Å². The Morgan fingerprint density at radius 1 is 1.71 bits per heavy atom. The Bertz CT molecular complexity index is 124. The van der Waals surface area contributed by atoms with Gasteiger partial charge in [-0.1, -0.05) is 6.55 Å². The summed E-state index contributed by atoms with van der Waals surface area (Å²) in [7, 11) is -0.0123. The first kappa shape index (κ1) is 4.58. The summed E-state index contributed by atoms with van der Waals surface area (Å²) < 4.78 is 2.15. The van der Waals surface area contributed by atoms with Gasteiger partial charge in [-0.15, -0.1) is 0 Å². The lowest BCUT2D eigenvalue weighted by molar-refractivity contribution is 1.19. The molecular formula is C4H8N2Si. The van der Waals surface area contributed by atoms with Crippen LogP contribution >= 0.6 is 0 Å². The summed E-state index contributed by atoms with van der Waals surface area (Å²) >= 11 is 0. The molecule has 0 bridgehead atoms. The van der Waals surface area contributed by atoms with Crippen molar-refractivity contribution in [2.24, 2.45) is 0 Å². The maximum absolute atomic E-state index is 3.89. The van der Waals surface area contributed by atoms with Crippen LogP contribution in [0.2, 0.25) is 6.55 Å². The van der Waals surface area contributed by atoms with Crippen molar-refractivity contribution in [2.45, 2.75) is 6.55 Å². The minimum Gasteiger partial charge on any atom is -0.371 e. The first-order valence-electron chi connectivity index (χ1n) is 2.39. The predicted octanol–water partition coefficient (Wildman–Crippen LogP) is -0.137. The third-order valence-corrected chi connectivity index (χ3v) is 2.03. The van der Waals surface area contributed by atoms with E-state index in [1.807, 2.05) is 18.7 Å². The van der Waals surface area contributed by atoms with Gasteiger partial charge in [-0.2, -0.15) is 0 Å². The van der Waals surface area contributed by atoms with Crippen LogP contribution in [0, 0.1) is 0 Å². The van der Waals surface area contributed by atoms with Crippen LogP contribution in [-0.4, -0.2) is 18.9 Å². The van der Waals surface area contributed by atoms with Gasteiger partial charge < -0.3 is 4.23 Å². The standard InChI is InChI=1S/C4H8N2Si/c1-7-6-3-2-5-4-6/h2-4H,7H2,1H3. The predicted molar refractivity (Wildman–Crippen MR) is 32.0 cm³/mol. The fraction of sp³-hybridized carbons (Fsp3) is 0.250. The van der Waals surface area contributed by atoms with E-state index in [0.717, 1.165) is 0 Å². The number of hydrogen-bond acceptors (Lipinski definition) is 1. The number of hydrogen-bond donors (Lipinski definition) is 0. The second-order valence-corrected chi connectivity index (χ2v) is 2.76. The average molecular weight is 112 g/mol. The minimum atomic E-state index is -0.0123. The Morgan fingerprint density at radius 3 is 2.86 bits per heavy atom. The molecule has 1 rings (SSSR count). The van der Waals surface area contributed by atoms with E-state index in [1.54, 1.807) is 0 Å². The molecule has 0 amide bonds. The first-order valence-corrected chi connectivity index (χ1v) is 4.44. The Balaban J connectivity index is 2.76. The number of aromatic nitrogens is 2. The second-order valence-electron chi connectivity index (χ2n) is 1.39. The molecule has 0 aliphatic rings. The molecular weight excluding hydrogens is 104 g/mol. The van der Waals surface area contributed by atoms with Crippen molar-refractivity contribution in [3.05, 3.63) is 18.7 Å². The molecule has 7 heavy (non-hydrogen) atoms. The Morgan fingerprint density at radius 2 is 2.57 bits per heavy atom. The molecule has 0 aliphatic heterocycles. The van der Waals surface area contributed by atoms with E-state index in [9.17, 15) is 0 Å². The fourth-order valence-electron chi connectivity index (χ4n) is 0.474. The first-order chi connectivity index (χ1) is 3.43. The summed E-state index contributed by atoms with van der Waals surface area (Å²) in [4.78, 5) is 3.89. The Kier molecular flexibility index (Phi) is 1.26. The van der Waals surface area contributed by atoms with Gasteiger partial charge in [0.05, 0.1) is 6.33 Å². The molecule has 0 unspecified atom stereocenters. The lowest BCUT2D eigenvalue weighted by atomic mass is 11.0. The van der Waals surface area contributed by atoms with Gasteiger partial charge in [0.1, 0.15) is 9.68 Å². The van der Waals surface area contributed by atoms with Crippen molar-refractivity contribution in [2.75, 3.05) is 0 Å². The maximum Gasteiger partial charge on any atom is 0.127 e. The smallest absolute Gasteiger partial charge is 0.127 e. The molecule has 0 fully saturated rings. The zero-order valence-electron chi connectivity index (χ0n) is 4.33. The van der Waals surface area contributed by atoms with Gasteiger partial charge in [0.2, 0.25) is 0 Å². The third-order valence-electron chi connectivity index (χ3n) is 0.924. The van der Waals surface area contributed by atoms with Gasteiger partial charge >= 0.3 is 0 Å². The van der Waals surface area contributed by atoms with Crippen LogP contribution in [-0.2, 0) is 0 Å². The quantitative estimate of drug-likeness (QED) is 0.462. The average Bonchev–Trinajstić information content (AvgIpc) is 2.14. The fourth-order valence-corrected chi connectivity index (χ4v) is 1.04. The van der Waals surface area contributed by atoms with E-state index in [4.69, 9.17) is 0 Å². The largest absolute Gasteiger partial charge is 0.371 e. The molecule has 0 atom stereocenters. The number of imidazole rings is 1. The summed E-state index contributed by atoms with van der Waals surface area (Å²) in [6.45, 7) is 2.22. The molecule has 0 radical (unpaired) electrons. The van der Waals surface area contributed by atoms with Crippen LogP contribution in [0.4, 0.5) is 0 Å². The molecule has 0 aliphatic carbocycles. The van der Waals surface area contributed by atoms with E-state index < -0.39 is 0 Å². The molecule has 1 aromatic rings. The molecule has 1 aromatic heterocycles. The summed E-state index contributed by atoms with van der Waals surface area (Å²) in [5, 5.41) is 0. The van der Waals surface area contributed by atoms with E-state index >= 15 is 0 Å². The van der Waals surface area contributed by atoms with Gasteiger partial charge in [0.15, 0.2) is 0 Å². The zero-order chi connectivity index (χ0) is 5.11. The Labute approximate surface area is 45.1 Å². The maximum atomic E-state index is 3.89. The van der Waals surface area contributed by atoms with Crippen LogP contribution < -0.4 is 0 Å². The molecule has 0 spiro atoms. The van der Waals surface area contributed by atoms with Gasteiger partial charge in [-0.3, -0.25) is 0 Å². The van der Waals surface area contributed by atoms with Gasteiger partial charge in [0, 0.05) is 12.4 Å². The summed E-state index contributed by atoms with van der Waals surface area (Å²) in [5.74, 6) is 0. The summed E-state index contributed by atoms with van der Waals surface area (Å²) in [6.07, 6.45) is 5.69. The second kappa shape index (κ2) is 1.93. The lowest BCUT2D eigenvalue weighted by Crippen LogP contribution is -1.95. The van der Waals surface area contributed by atoms with Gasteiger partial charge in [-0.05, 0) is 0 Å². The van der Waals surface area contributed by atoms with Gasteiger partial charge in [-0.25, -0.2) is 4.98 Å². The number of rotatable bonds is 1. The molecule has 0 saturated carbocycles. The van der Waals surface area contributed by atoms with Crippen LogP contribution in [0.5, 0.6) is 0 Å². The van der Waals surface area contributed by atoms with Crippen molar-refractivity contribution in [1.82, 2.24) is 9.22 Å². The monoisotopic (exact) mass is 112 g/mol. The third kappa shape index (κ3) is 0.897. The summed E-state index contributed by atoms with van der Waals surface area (Å²) in [6, 6.07) is 0. The lowest BCUT2D eigenvalue weighted by Gasteiger charge is -1.87. The van der Waals surface area contributed by atoms with Crippen LogP contribution in [0.1, 0.15) is 0 Å². The molecule has 0 N–H and O–H groups in total. The zero-order valence-corrected chi connectivity index (χ0v) is 5.75. The topological polar surface area (TPSA) is 17.8 Å². The highest BCUT2D eigenvalue weighted by Gasteiger charge is 1.77. The SMILES string of the molecule is C[SiH2]n1ccnc1. The van der Waals surface area contributed by atoms with E-state index in [0.29, 0.717) is 0 Å². The van der Waals surface area contributed by atoms with Crippen molar-refractivity contribution in [3.8, 4) is 0 Å². The molecule has 3 heteroatoms. The van der Waals surface area contributed by atoms with E-state index in [2.05, 4.69) is 15.8 Å². The van der Waals surface area contributed by atoms with Crippen molar-refractivity contribution in [1.29, 1.82) is 0 Å². The molecule has 0 aromatic carbocycles. The Hall–Kier alpha value is -0.573. The van der Waals surface area contributed by atoms with E-state index in [-0.39, 0.29) is 9.68 Å². The van der Waals surface area contributed by atoms with Gasteiger partial charge in [0.25, 0.3) is 0 Å². The molecule has 38 valence electrons. The minimum absolute atomic E-state index is 0.0123. The van der Waals surface area contributed by atoms with Crippen LogP contribution in [0.3, 0.4) is 0 Å². The molecule has 2 nitrogen and oxygen atoms in total. The molecule has 0 saturated heterocycles. The van der Waals surface area contributed by atoms with Crippen molar-refractivity contribution >= 4 is 9.68 Å². The van der Waals surface area contributed by atoms with Crippen molar-refractivity contribution in [3.63, 3.8) is 0 Å².